The van der Waals surface area contributed by atoms with Gasteiger partial charge in [0.2, 0.25) is 0 Å². The summed E-state index contributed by atoms with van der Waals surface area (Å²) in [4.78, 5) is 21.2. The number of benzene rings is 2. The zero-order chi connectivity index (χ0) is 22.1. The summed E-state index contributed by atoms with van der Waals surface area (Å²) in [6, 6.07) is 13.5. The van der Waals surface area contributed by atoms with Gasteiger partial charge in [-0.1, -0.05) is 35.1 Å². The van der Waals surface area contributed by atoms with Gasteiger partial charge in [-0.25, -0.2) is 4.98 Å². The minimum Gasteiger partial charge on any atom is -0.282 e. The third kappa shape index (κ3) is 4.49. The van der Waals surface area contributed by atoms with Gasteiger partial charge in [0.1, 0.15) is 0 Å². The highest BCUT2D eigenvalue weighted by Crippen LogP contribution is 2.34. The molecule has 8 heteroatoms. The maximum atomic E-state index is 13.7. The van der Waals surface area contributed by atoms with Crippen molar-refractivity contribution in [3.8, 4) is 0 Å². The summed E-state index contributed by atoms with van der Waals surface area (Å²) in [5, 5.41) is 5.89. The molecule has 0 spiro atoms. The summed E-state index contributed by atoms with van der Waals surface area (Å²) in [7, 11) is 0. The second kappa shape index (κ2) is 9.02. The maximum Gasteiger partial charge on any atom is 0.261 e. The van der Waals surface area contributed by atoms with Crippen LogP contribution in [0.4, 0.5) is 5.13 Å². The molecule has 0 radical (unpaired) electrons. The number of carbonyl (C=O) groups is 1. The Kier molecular flexibility index (Phi) is 6.36. The van der Waals surface area contributed by atoms with E-state index in [9.17, 15) is 4.79 Å². The van der Waals surface area contributed by atoms with E-state index in [1.54, 1.807) is 16.7 Å². The van der Waals surface area contributed by atoms with Gasteiger partial charge in [0.15, 0.2) is 5.13 Å². The molecule has 0 aliphatic carbocycles. The molecule has 5 nitrogen and oxygen atoms in total. The standard InChI is InChI=1S/C23H23ClN4OS2/c1-14-11-17(24)13-20-21(14)25-23(31-20)27(9-10-28-16(3)12-15(2)26-28)22(29)18-7-5-6-8-19(18)30-4/h5-8,11-13H,9-10H2,1-4H3. The number of fused-ring (bicyclic) bond motifs is 1. The first-order chi connectivity index (χ1) is 14.9. The molecule has 0 unspecified atom stereocenters. The smallest absolute Gasteiger partial charge is 0.261 e. The lowest BCUT2D eigenvalue weighted by molar-refractivity contribution is 0.0983. The van der Waals surface area contributed by atoms with Crippen molar-refractivity contribution in [3.63, 3.8) is 0 Å². The zero-order valence-electron chi connectivity index (χ0n) is 17.8. The van der Waals surface area contributed by atoms with Crippen LogP contribution in [-0.4, -0.2) is 33.5 Å². The monoisotopic (exact) mass is 470 g/mol. The largest absolute Gasteiger partial charge is 0.282 e. The Balaban J connectivity index is 1.76. The highest BCUT2D eigenvalue weighted by Gasteiger charge is 2.24. The Hall–Kier alpha value is -2.35. The number of anilines is 1. The van der Waals surface area contributed by atoms with E-state index in [0.29, 0.717) is 28.8 Å². The maximum absolute atomic E-state index is 13.7. The number of halogens is 1. The number of hydrogen-bond donors (Lipinski definition) is 0. The molecule has 0 saturated heterocycles. The molecule has 1 amide bonds. The van der Waals surface area contributed by atoms with Crippen LogP contribution in [0.2, 0.25) is 5.02 Å². The second-order valence-corrected chi connectivity index (χ2v) is 9.67. The highest BCUT2D eigenvalue weighted by atomic mass is 35.5. The first kappa shape index (κ1) is 21.9. The molecule has 0 aliphatic heterocycles. The first-order valence-corrected chi connectivity index (χ1v) is 12.3. The molecule has 0 aliphatic rings. The summed E-state index contributed by atoms with van der Waals surface area (Å²) < 4.78 is 2.91. The first-order valence-electron chi connectivity index (χ1n) is 9.90. The van der Waals surface area contributed by atoms with Crippen molar-refractivity contribution >= 4 is 56.0 Å². The van der Waals surface area contributed by atoms with Crippen LogP contribution < -0.4 is 4.90 Å². The van der Waals surface area contributed by atoms with Gasteiger partial charge in [-0.15, -0.1) is 11.8 Å². The average Bonchev–Trinajstić information content (AvgIpc) is 3.30. The normalized spacial score (nSPS) is 11.3. The van der Waals surface area contributed by atoms with Crippen LogP contribution in [0.25, 0.3) is 10.2 Å². The van der Waals surface area contributed by atoms with Gasteiger partial charge in [0, 0.05) is 22.2 Å². The van der Waals surface area contributed by atoms with Crippen molar-refractivity contribution in [2.45, 2.75) is 32.2 Å². The lowest BCUT2D eigenvalue weighted by atomic mass is 10.2. The predicted octanol–water partition coefficient (Wildman–Crippen LogP) is 6.14. The second-order valence-electron chi connectivity index (χ2n) is 7.37. The minimum absolute atomic E-state index is 0.0608. The van der Waals surface area contributed by atoms with Crippen LogP contribution in [0.15, 0.2) is 47.4 Å². The third-order valence-electron chi connectivity index (χ3n) is 5.09. The van der Waals surface area contributed by atoms with E-state index in [-0.39, 0.29) is 5.91 Å². The highest BCUT2D eigenvalue weighted by molar-refractivity contribution is 7.98. The number of thioether (sulfide) groups is 1. The molecular weight excluding hydrogens is 448 g/mol. The summed E-state index contributed by atoms with van der Waals surface area (Å²) in [6.07, 6.45) is 1.98. The van der Waals surface area contributed by atoms with E-state index in [1.807, 2.05) is 74.2 Å². The van der Waals surface area contributed by atoms with E-state index >= 15 is 0 Å². The molecular formula is C23H23ClN4OS2. The molecule has 0 saturated carbocycles. The third-order valence-corrected chi connectivity index (χ3v) is 7.13. The number of amides is 1. The van der Waals surface area contributed by atoms with E-state index in [0.717, 1.165) is 32.1 Å². The molecule has 2 aromatic heterocycles. The van der Waals surface area contributed by atoms with Crippen molar-refractivity contribution < 1.29 is 4.79 Å². The van der Waals surface area contributed by atoms with E-state index in [2.05, 4.69) is 5.10 Å². The minimum atomic E-state index is -0.0608. The summed E-state index contributed by atoms with van der Waals surface area (Å²) in [5.74, 6) is -0.0608. The molecule has 2 heterocycles. The van der Waals surface area contributed by atoms with Crippen molar-refractivity contribution in [2.75, 3.05) is 17.7 Å². The number of aromatic nitrogens is 3. The number of rotatable bonds is 6. The lowest BCUT2D eigenvalue weighted by Gasteiger charge is -2.21. The number of carbonyl (C=O) groups excluding carboxylic acids is 1. The Morgan fingerprint density at radius 1 is 1.19 bits per heavy atom. The van der Waals surface area contributed by atoms with E-state index < -0.39 is 0 Å². The SMILES string of the molecule is CSc1ccccc1C(=O)N(CCn1nc(C)cc1C)c1nc2c(C)cc(Cl)cc2s1. The number of nitrogens with zero attached hydrogens (tertiary/aromatic N) is 4. The molecule has 160 valence electrons. The van der Waals surface area contributed by atoms with Gasteiger partial charge >= 0.3 is 0 Å². The number of aryl methyl sites for hydroxylation is 3. The van der Waals surface area contributed by atoms with Gasteiger partial charge in [-0.2, -0.15) is 5.10 Å². The van der Waals surface area contributed by atoms with Crippen molar-refractivity contribution in [2.24, 2.45) is 0 Å². The van der Waals surface area contributed by atoms with Crippen LogP contribution in [-0.2, 0) is 6.54 Å². The summed E-state index contributed by atoms with van der Waals surface area (Å²) in [6.45, 7) is 7.04. The van der Waals surface area contributed by atoms with Crippen LogP contribution in [0.1, 0.15) is 27.3 Å². The fourth-order valence-corrected chi connectivity index (χ4v) is 5.64. The van der Waals surface area contributed by atoms with Crippen LogP contribution in [0.5, 0.6) is 0 Å². The van der Waals surface area contributed by atoms with Crippen molar-refractivity contribution in [1.29, 1.82) is 0 Å². The van der Waals surface area contributed by atoms with Crippen LogP contribution in [0, 0.1) is 20.8 Å². The molecule has 4 rings (SSSR count). The van der Waals surface area contributed by atoms with E-state index in [1.165, 1.54) is 11.3 Å². The quantitative estimate of drug-likeness (QED) is 0.317. The Bertz CT molecular complexity index is 1260. The molecule has 31 heavy (non-hydrogen) atoms. The Morgan fingerprint density at radius 2 is 1.97 bits per heavy atom. The predicted molar refractivity (Wildman–Crippen MR) is 131 cm³/mol. The van der Waals surface area contributed by atoms with Crippen molar-refractivity contribution in [1.82, 2.24) is 14.8 Å². The van der Waals surface area contributed by atoms with Gasteiger partial charge in [-0.05, 0) is 62.9 Å². The molecule has 4 aromatic rings. The summed E-state index contributed by atoms with van der Waals surface area (Å²) >= 11 is 9.31. The van der Waals surface area contributed by atoms with Gasteiger partial charge in [0.05, 0.1) is 28.0 Å². The number of hydrogen-bond acceptors (Lipinski definition) is 5. The molecule has 0 N–H and O–H groups in total. The molecule has 0 bridgehead atoms. The average molecular weight is 471 g/mol. The topological polar surface area (TPSA) is 51.0 Å². The Morgan fingerprint density at radius 3 is 2.68 bits per heavy atom. The van der Waals surface area contributed by atoms with Crippen LogP contribution in [0.3, 0.4) is 0 Å². The summed E-state index contributed by atoms with van der Waals surface area (Å²) in [5.41, 5.74) is 4.60. The Labute approximate surface area is 195 Å². The van der Waals surface area contributed by atoms with Crippen molar-refractivity contribution in [3.05, 3.63) is 70.0 Å². The van der Waals surface area contributed by atoms with E-state index in [4.69, 9.17) is 16.6 Å². The van der Waals surface area contributed by atoms with Gasteiger partial charge in [-0.3, -0.25) is 14.4 Å². The van der Waals surface area contributed by atoms with Crippen LogP contribution >= 0.6 is 34.7 Å². The number of thiazole rings is 1. The molecule has 0 fully saturated rings. The molecule has 0 atom stereocenters. The van der Waals surface area contributed by atoms with Gasteiger partial charge < -0.3 is 0 Å². The molecule has 2 aromatic carbocycles. The fourth-order valence-electron chi connectivity index (χ4n) is 3.60. The lowest BCUT2D eigenvalue weighted by Crippen LogP contribution is -2.34. The fraction of sp³-hybridized carbons (Fsp3) is 0.261. The zero-order valence-corrected chi connectivity index (χ0v) is 20.2. The van der Waals surface area contributed by atoms with Gasteiger partial charge in [0.25, 0.3) is 5.91 Å².